The number of thiazole rings is 1. The van der Waals surface area contributed by atoms with E-state index < -0.39 is 0 Å². The van der Waals surface area contributed by atoms with Gasteiger partial charge in [0.2, 0.25) is 0 Å². The fourth-order valence-electron chi connectivity index (χ4n) is 2.57. The summed E-state index contributed by atoms with van der Waals surface area (Å²) in [5.74, 6) is 1.23. The van der Waals surface area contributed by atoms with E-state index in [-0.39, 0.29) is 11.9 Å². The lowest BCUT2D eigenvalue weighted by Gasteiger charge is -2.20. The van der Waals surface area contributed by atoms with E-state index in [0.717, 1.165) is 16.1 Å². The van der Waals surface area contributed by atoms with Crippen molar-refractivity contribution < 1.29 is 14.3 Å². The first-order chi connectivity index (χ1) is 13.5. The fourth-order valence-corrected chi connectivity index (χ4v) is 3.37. The monoisotopic (exact) mass is 396 g/mol. The fraction of sp³-hybridized carbons (Fsp3) is 0.273. The van der Waals surface area contributed by atoms with Crippen molar-refractivity contribution in [2.75, 3.05) is 14.2 Å². The largest absolute Gasteiger partial charge is 0.493 e. The normalized spacial score (nSPS) is 10.8. The third kappa shape index (κ3) is 4.51. The van der Waals surface area contributed by atoms with Crippen molar-refractivity contribution in [3.05, 3.63) is 65.2 Å². The van der Waals surface area contributed by atoms with Gasteiger partial charge in [0.25, 0.3) is 5.91 Å². The highest BCUT2D eigenvalue weighted by atomic mass is 32.1. The summed E-state index contributed by atoms with van der Waals surface area (Å²) >= 11 is 1.44. The Balaban J connectivity index is 1.77. The smallest absolute Gasteiger partial charge is 0.273 e. The average Bonchev–Trinajstić information content (AvgIpc) is 3.22. The highest BCUT2D eigenvalue weighted by molar-refractivity contribution is 7.13. The van der Waals surface area contributed by atoms with E-state index in [4.69, 9.17) is 9.47 Å². The van der Waals surface area contributed by atoms with Crippen molar-refractivity contribution in [2.45, 2.75) is 26.5 Å². The summed E-state index contributed by atoms with van der Waals surface area (Å²) in [7, 11) is 3.40. The molecule has 3 aromatic rings. The molecule has 0 spiro atoms. The standard InChI is InChI=1S/C22H24N2O3S/c1-15(2)24(3)22(25)18-14-28-21(23-18)17-10-11-19(20(12-17)26-4)27-13-16-8-6-5-7-9-16/h5-12,14-15H,13H2,1-4H3. The summed E-state index contributed by atoms with van der Waals surface area (Å²) in [6.45, 7) is 4.42. The minimum atomic E-state index is -0.0766. The molecule has 0 radical (unpaired) electrons. The zero-order valence-electron chi connectivity index (χ0n) is 16.5. The second-order valence-corrected chi connectivity index (χ2v) is 7.55. The lowest BCUT2D eigenvalue weighted by molar-refractivity contribution is 0.0750. The Hall–Kier alpha value is -2.86. The number of rotatable bonds is 7. The lowest BCUT2D eigenvalue weighted by atomic mass is 10.2. The second kappa shape index (κ2) is 8.89. The number of amides is 1. The highest BCUT2D eigenvalue weighted by Crippen LogP contribution is 2.34. The van der Waals surface area contributed by atoms with Gasteiger partial charge >= 0.3 is 0 Å². The molecule has 3 rings (SSSR count). The molecule has 0 aliphatic carbocycles. The third-order valence-electron chi connectivity index (χ3n) is 4.47. The van der Waals surface area contributed by atoms with Crippen LogP contribution in [0.3, 0.4) is 0 Å². The van der Waals surface area contributed by atoms with Gasteiger partial charge in [-0.3, -0.25) is 4.79 Å². The van der Waals surface area contributed by atoms with E-state index >= 15 is 0 Å². The predicted octanol–water partition coefficient (Wildman–Crippen LogP) is 4.88. The minimum absolute atomic E-state index is 0.0766. The molecule has 0 atom stereocenters. The summed E-state index contributed by atoms with van der Waals surface area (Å²) in [6, 6.07) is 15.8. The van der Waals surface area contributed by atoms with Crippen LogP contribution in [0, 0.1) is 0 Å². The Labute approximate surface area is 169 Å². The van der Waals surface area contributed by atoms with Crippen LogP contribution < -0.4 is 9.47 Å². The topological polar surface area (TPSA) is 51.7 Å². The maximum absolute atomic E-state index is 12.5. The zero-order chi connectivity index (χ0) is 20.1. The molecule has 0 saturated carbocycles. The van der Waals surface area contributed by atoms with Crippen LogP contribution in [-0.2, 0) is 6.61 Å². The van der Waals surface area contributed by atoms with Crippen molar-refractivity contribution in [3.8, 4) is 22.1 Å². The molecule has 2 aromatic carbocycles. The van der Waals surface area contributed by atoms with Crippen molar-refractivity contribution in [2.24, 2.45) is 0 Å². The lowest BCUT2D eigenvalue weighted by Crippen LogP contribution is -2.33. The Morgan fingerprint density at radius 3 is 2.57 bits per heavy atom. The number of methoxy groups -OCH3 is 1. The van der Waals surface area contributed by atoms with Gasteiger partial charge in [-0.1, -0.05) is 30.3 Å². The molecular weight excluding hydrogens is 372 g/mol. The Kier molecular flexibility index (Phi) is 6.31. The van der Waals surface area contributed by atoms with Crippen LogP contribution in [0.15, 0.2) is 53.9 Å². The number of benzene rings is 2. The molecule has 0 N–H and O–H groups in total. The molecule has 0 unspecified atom stereocenters. The van der Waals surface area contributed by atoms with Gasteiger partial charge < -0.3 is 14.4 Å². The van der Waals surface area contributed by atoms with Crippen molar-refractivity contribution in [1.29, 1.82) is 0 Å². The summed E-state index contributed by atoms with van der Waals surface area (Å²) in [4.78, 5) is 18.6. The Morgan fingerprint density at radius 1 is 1.14 bits per heavy atom. The molecule has 0 saturated heterocycles. The molecule has 28 heavy (non-hydrogen) atoms. The van der Waals surface area contributed by atoms with E-state index in [1.807, 2.05) is 62.4 Å². The van der Waals surface area contributed by atoms with Gasteiger partial charge in [0.15, 0.2) is 11.5 Å². The van der Waals surface area contributed by atoms with Crippen LogP contribution >= 0.6 is 11.3 Å². The first kappa shape index (κ1) is 19.9. The number of hydrogen-bond donors (Lipinski definition) is 0. The summed E-state index contributed by atoms with van der Waals surface area (Å²) in [5.41, 5.74) is 2.44. The van der Waals surface area contributed by atoms with Gasteiger partial charge in [-0.15, -0.1) is 11.3 Å². The maximum Gasteiger partial charge on any atom is 0.273 e. The third-order valence-corrected chi connectivity index (χ3v) is 5.36. The predicted molar refractivity (Wildman–Crippen MR) is 112 cm³/mol. The van der Waals surface area contributed by atoms with E-state index in [2.05, 4.69) is 4.98 Å². The molecule has 0 fully saturated rings. The Bertz CT molecular complexity index is 938. The SMILES string of the molecule is COc1cc(-c2nc(C(=O)N(C)C(C)C)cs2)ccc1OCc1ccccc1. The van der Waals surface area contributed by atoms with Crippen LogP contribution in [0.5, 0.6) is 11.5 Å². The number of carbonyl (C=O) groups excluding carboxylic acids is 1. The quantitative estimate of drug-likeness (QED) is 0.571. The molecule has 1 amide bonds. The summed E-state index contributed by atoms with van der Waals surface area (Å²) < 4.78 is 11.4. The van der Waals surface area contributed by atoms with E-state index in [1.165, 1.54) is 11.3 Å². The van der Waals surface area contributed by atoms with Gasteiger partial charge in [-0.25, -0.2) is 4.98 Å². The molecule has 1 aromatic heterocycles. The number of hydrogen-bond acceptors (Lipinski definition) is 5. The van der Waals surface area contributed by atoms with Gasteiger partial charge in [-0.2, -0.15) is 0 Å². The second-order valence-electron chi connectivity index (χ2n) is 6.69. The molecule has 0 bridgehead atoms. The number of aromatic nitrogens is 1. The van der Waals surface area contributed by atoms with Crippen molar-refractivity contribution in [1.82, 2.24) is 9.88 Å². The number of nitrogens with zero attached hydrogens (tertiary/aromatic N) is 2. The molecule has 5 nitrogen and oxygen atoms in total. The van der Waals surface area contributed by atoms with E-state index in [1.54, 1.807) is 24.4 Å². The summed E-state index contributed by atoms with van der Waals surface area (Å²) in [5, 5.41) is 2.57. The molecule has 0 aliphatic rings. The van der Waals surface area contributed by atoms with E-state index in [9.17, 15) is 4.79 Å². The van der Waals surface area contributed by atoms with Crippen LogP contribution in [0.25, 0.3) is 10.6 Å². The molecule has 146 valence electrons. The van der Waals surface area contributed by atoms with Gasteiger partial charge in [0, 0.05) is 24.0 Å². The van der Waals surface area contributed by atoms with Gasteiger partial charge in [-0.05, 0) is 37.6 Å². The van der Waals surface area contributed by atoms with E-state index in [0.29, 0.717) is 23.8 Å². The Morgan fingerprint density at radius 2 is 1.89 bits per heavy atom. The summed E-state index contributed by atoms with van der Waals surface area (Å²) in [6.07, 6.45) is 0. The first-order valence-electron chi connectivity index (χ1n) is 9.07. The number of carbonyl (C=O) groups is 1. The molecule has 0 aliphatic heterocycles. The first-order valence-corrected chi connectivity index (χ1v) is 9.95. The minimum Gasteiger partial charge on any atom is -0.493 e. The van der Waals surface area contributed by atoms with Crippen LogP contribution in [0.4, 0.5) is 0 Å². The van der Waals surface area contributed by atoms with Crippen molar-refractivity contribution in [3.63, 3.8) is 0 Å². The zero-order valence-corrected chi connectivity index (χ0v) is 17.3. The molecule has 1 heterocycles. The van der Waals surface area contributed by atoms with Crippen LogP contribution in [-0.4, -0.2) is 36.0 Å². The highest BCUT2D eigenvalue weighted by Gasteiger charge is 2.18. The van der Waals surface area contributed by atoms with Gasteiger partial charge in [0.05, 0.1) is 7.11 Å². The molecular formula is C22H24N2O3S. The van der Waals surface area contributed by atoms with Gasteiger partial charge in [0.1, 0.15) is 17.3 Å². The van der Waals surface area contributed by atoms with Crippen LogP contribution in [0.2, 0.25) is 0 Å². The average molecular weight is 397 g/mol. The van der Waals surface area contributed by atoms with Crippen LogP contribution in [0.1, 0.15) is 29.9 Å². The maximum atomic E-state index is 12.5. The van der Waals surface area contributed by atoms with Crippen molar-refractivity contribution >= 4 is 17.2 Å². The number of ether oxygens (including phenoxy) is 2. The molecule has 6 heteroatoms.